The predicted molar refractivity (Wildman–Crippen MR) is 99.5 cm³/mol. The predicted octanol–water partition coefficient (Wildman–Crippen LogP) is 4.00. The fourth-order valence-corrected chi connectivity index (χ4v) is 3.58. The topological polar surface area (TPSA) is 40.6 Å². The van der Waals surface area contributed by atoms with Crippen LogP contribution in [0.4, 0.5) is 11.4 Å². The monoisotopic (exact) mass is 330 g/mol. The van der Waals surface area contributed by atoms with Gasteiger partial charge in [0.15, 0.2) is 0 Å². The minimum absolute atomic E-state index is 0.108. The molecular weight excluding hydrogens is 312 g/mol. The summed E-state index contributed by atoms with van der Waals surface area (Å²) in [6, 6.07) is 15.3. The summed E-state index contributed by atoms with van der Waals surface area (Å²) in [5.41, 5.74) is 4.57. The second kappa shape index (κ2) is 5.74. The lowest BCUT2D eigenvalue weighted by Gasteiger charge is -2.32. The van der Waals surface area contributed by atoms with Gasteiger partial charge in [0, 0.05) is 24.7 Å². The number of fused-ring (bicyclic) bond motifs is 2. The highest BCUT2D eigenvalue weighted by Crippen LogP contribution is 2.40. The number of ketones is 1. The zero-order chi connectivity index (χ0) is 17.6. The number of anilines is 2. The first-order valence-electron chi connectivity index (χ1n) is 8.37. The van der Waals surface area contributed by atoms with E-state index in [1.807, 2.05) is 61.5 Å². The summed E-state index contributed by atoms with van der Waals surface area (Å²) in [5.74, 6) is -0.271. The number of likely N-dealkylation sites (N-methyl/N-ethyl adjacent to an activating group) is 1. The van der Waals surface area contributed by atoms with Crippen LogP contribution in [0.1, 0.15) is 29.8 Å². The standard InChI is InChI=1S/C21H18N2O2/c1-3-22-17-10-6-4-8-15(17)12-13-19(22)20-21(25)16-9-5-7-11-18(16)23(20)14(2)24/h4-13H,3H2,1-2H3. The fourth-order valence-electron chi connectivity index (χ4n) is 3.58. The van der Waals surface area contributed by atoms with E-state index in [1.165, 1.54) is 11.8 Å². The van der Waals surface area contributed by atoms with Gasteiger partial charge in [0.2, 0.25) is 11.7 Å². The van der Waals surface area contributed by atoms with Crippen LogP contribution in [0.25, 0.3) is 6.08 Å². The molecule has 0 aromatic heterocycles. The van der Waals surface area contributed by atoms with E-state index in [9.17, 15) is 9.59 Å². The van der Waals surface area contributed by atoms with E-state index in [0.29, 0.717) is 23.5 Å². The molecule has 0 fully saturated rings. The Hall–Kier alpha value is -3.14. The normalized spacial score (nSPS) is 18.4. The van der Waals surface area contributed by atoms with E-state index in [2.05, 4.69) is 4.90 Å². The summed E-state index contributed by atoms with van der Waals surface area (Å²) >= 11 is 0. The van der Waals surface area contributed by atoms with Gasteiger partial charge in [-0.1, -0.05) is 36.4 Å². The van der Waals surface area contributed by atoms with Crippen LogP contribution >= 0.6 is 0 Å². The maximum atomic E-state index is 13.1. The summed E-state index contributed by atoms with van der Waals surface area (Å²) in [6.45, 7) is 4.24. The zero-order valence-corrected chi connectivity index (χ0v) is 14.2. The third-order valence-electron chi connectivity index (χ3n) is 4.64. The molecular formula is C21H18N2O2. The quantitative estimate of drug-likeness (QED) is 0.742. The Bertz CT molecular complexity index is 956. The van der Waals surface area contributed by atoms with Crippen LogP contribution in [-0.4, -0.2) is 18.2 Å². The molecule has 0 radical (unpaired) electrons. The van der Waals surface area contributed by atoms with Crippen LogP contribution in [0.2, 0.25) is 0 Å². The van der Waals surface area contributed by atoms with Gasteiger partial charge in [0.1, 0.15) is 5.70 Å². The first kappa shape index (κ1) is 15.4. The molecule has 0 saturated heterocycles. The first-order chi connectivity index (χ1) is 12.1. The second-order valence-corrected chi connectivity index (χ2v) is 6.07. The van der Waals surface area contributed by atoms with Crippen LogP contribution in [0.15, 0.2) is 66.0 Å². The SMILES string of the molecule is CCN1C(=C2C(=O)c3ccccc3N2C(C)=O)C=Cc2ccccc21. The van der Waals surface area contributed by atoms with Crippen molar-refractivity contribution in [2.24, 2.45) is 0 Å². The fraction of sp³-hybridized carbons (Fsp3) is 0.143. The molecule has 2 aromatic rings. The van der Waals surface area contributed by atoms with Crippen molar-refractivity contribution >= 4 is 29.1 Å². The number of para-hydroxylation sites is 2. The van der Waals surface area contributed by atoms with Gasteiger partial charge >= 0.3 is 0 Å². The van der Waals surface area contributed by atoms with E-state index >= 15 is 0 Å². The number of hydrogen-bond acceptors (Lipinski definition) is 3. The number of carbonyl (C=O) groups excluding carboxylic acids is 2. The average Bonchev–Trinajstić information content (AvgIpc) is 2.94. The largest absolute Gasteiger partial charge is 0.339 e. The molecule has 2 aromatic carbocycles. The Kier molecular flexibility index (Phi) is 3.53. The van der Waals surface area contributed by atoms with E-state index in [0.717, 1.165) is 16.9 Å². The van der Waals surface area contributed by atoms with Crippen molar-refractivity contribution in [3.05, 3.63) is 77.1 Å². The number of nitrogens with zero attached hydrogens (tertiary/aromatic N) is 2. The third-order valence-corrected chi connectivity index (χ3v) is 4.64. The van der Waals surface area contributed by atoms with Crippen molar-refractivity contribution in [1.82, 2.24) is 0 Å². The molecule has 0 atom stereocenters. The Morgan fingerprint density at radius 2 is 1.64 bits per heavy atom. The van der Waals surface area contributed by atoms with E-state index in [-0.39, 0.29) is 11.7 Å². The second-order valence-electron chi connectivity index (χ2n) is 6.07. The maximum absolute atomic E-state index is 13.1. The zero-order valence-electron chi connectivity index (χ0n) is 14.2. The number of Topliss-reactive ketones (excluding diaryl/α,β-unsaturated/α-hetero) is 1. The lowest BCUT2D eigenvalue weighted by molar-refractivity contribution is -0.116. The number of hydrogen-bond donors (Lipinski definition) is 0. The van der Waals surface area contributed by atoms with Gasteiger partial charge in [-0.15, -0.1) is 0 Å². The molecule has 25 heavy (non-hydrogen) atoms. The smallest absolute Gasteiger partial charge is 0.228 e. The van der Waals surface area contributed by atoms with Gasteiger partial charge in [0.05, 0.1) is 11.4 Å². The summed E-state index contributed by atoms with van der Waals surface area (Å²) in [7, 11) is 0. The molecule has 0 spiro atoms. The number of benzene rings is 2. The van der Waals surface area contributed by atoms with E-state index in [4.69, 9.17) is 0 Å². The lowest BCUT2D eigenvalue weighted by Crippen LogP contribution is -2.33. The first-order valence-corrected chi connectivity index (χ1v) is 8.37. The van der Waals surface area contributed by atoms with Crippen LogP contribution in [-0.2, 0) is 4.79 Å². The van der Waals surface area contributed by atoms with Gasteiger partial charge in [-0.3, -0.25) is 14.5 Å². The molecule has 2 aliphatic rings. The molecule has 0 N–H and O–H groups in total. The molecule has 0 bridgehead atoms. The van der Waals surface area contributed by atoms with E-state index < -0.39 is 0 Å². The van der Waals surface area contributed by atoms with Crippen molar-refractivity contribution in [2.75, 3.05) is 16.3 Å². The number of rotatable bonds is 1. The molecule has 4 rings (SSSR count). The van der Waals surface area contributed by atoms with Gasteiger partial charge in [-0.05, 0) is 36.8 Å². The Balaban J connectivity index is 1.96. The van der Waals surface area contributed by atoms with Gasteiger partial charge in [0.25, 0.3) is 0 Å². The van der Waals surface area contributed by atoms with Crippen molar-refractivity contribution in [2.45, 2.75) is 13.8 Å². The molecule has 1 amide bonds. The highest BCUT2D eigenvalue weighted by atomic mass is 16.2. The summed E-state index contributed by atoms with van der Waals surface area (Å²) in [6.07, 6.45) is 3.93. The van der Waals surface area contributed by atoms with Crippen molar-refractivity contribution < 1.29 is 9.59 Å². The minimum atomic E-state index is -0.163. The molecule has 0 aliphatic carbocycles. The lowest BCUT2D eigenvalue weighted by atomic mass is 10.0. The number of allylic oxidation sites excluding steroid dienone is 2. The minimum Gasteiger partial charge on any atom is -0.339 e. The summed E-state index contributed by atoms with van der Waals surface area (Å²) in [5, 5.41) is 0. The Morgan fingerprint density at radius 3 is 2.36 bits per heavy atom. The average molecular weight is 330 g/mol. The molecule has 124 valence electrons. The molecule has 2 aliphatic heterocycles. The maximum Gasteiger partial charge on any atom is 0.228 e. The van der Waals surface area contributed by atoms with Crippen LogP contribution < -0.4 is 9.80 Å². The molecule has 4 heteroatoms. The molecule has 0 unspecified atom stereocenters. The van der Waals surface area contributed by atoms with Crippen molar-refractivity contribution in [3.63, 3.8) is 0 Å². The van der Waals surface area contributed by atoms with Crippen molar-refractivity contribution in [3.8, 4) is 0 Å². The van der Waals surface area contributed by atoms with Gasteiger partial charge in [-0.25, -0.2) is 0 Å². The molecule has 0 saturated carbocycles. The molecule has 2 heterocycles. The Morgan fingerprint density at radius 1 is 0.960 bits per heavy atom. The van der Waals surface area contributed by atoms with Crippen molar-refractivity contribution in [1.29, 1.82) is 0 Å². The highest BCUT2D eigenvalue weighted by molar-refractivity contribution is 6.25. The van der Waals surface area contributed by atoms with E-state index in [1.54, 1.807) is 6.07 Å². The molecule has 4 nitrogen and oxygen atoms in total. The number of amides is 1. The van der Waals surface area contributed by atoms with Crippen LogP contribution in [0, 0.1) is 0 Å². The van der Waals surface area contributed by atoms with Crippen LogP contribution in [0.5, 0.6) is 0 Å². The summed E-state index contributed by atoms with van der Waals surface area (Å²) in [4.78, 5) is 29.0. The summed E-state index contributed by atoms with van der Waals surface area (Å²) < 4.78 is 0. The highest BCUT2D eigenvalue weighted by Gasteiger charge is 2.38. The third kappa shape index (κ3) is 2.22. The van der Waals surface area contributed by atoms with Crippen LogP contribution in [0.3, 0.4) is 0 Å². The van der Waals surface area contributed by atoms with Gasteiger partial charge in [-0.2, -0.15) is 0 Å². The number of carbonyl (C=O) groups is 2. The van der Waals surface area contributed by atoms with Gasteiger partial charge < -0.3 is 4.90 Å². The Labute approximate surface area is 146 Å².